The zero-order chi connectivity index (χ0) is 15.7. The summed E-state index contributed by atoms with van der Waals surface area (Å²) < 4.78 is 17.5. The van der Waals surface area contributed by atoms with Crippen LogP contribution in [0.15, 0.2) is 6.07 Å². The van der Waals surface area contributed by atoms with E-state index in [2.05, 4.69) is 0 Å². The van der Waals surface area contributed by atoms with Gasteiger partial charge >= 0.3 is 0 Å². The van der Waals surface area contributed by atoms with Crippen molar-refractivity contribution in [3.05, 3.63) is 17.2 Å². The van der Waals surface area contributed by atoms with Gasteiger partial charge in [-0.2, -0.15) is 0 Å². The maximum atomic E-state index is 10.5. The molecule has 21 heavy (non-hydrogen) atoms. The van der Waals surface area contributed by atoms with Gasteiger partial charge in [-0.25, -0.2) is 0 Å². The molecule has 0 amide bonds. The Hall–Kier alpha value is -1.42. The molecule has 0 saturated heterocycles. The average molecular weight is 294 g/mol. The molecule has 1 aliphatic rings. The first-order chi connectivity index (χ1) is 9.79. The highest BCUT2D eigenvalue weighted by Crippen LogP contribution is 2.46. The minimum Gasteiger partial charge on any atom is -0.504 e. The first kappa shape index (κ1) is 16.0. The van der Waals surface area contributed by atoms with Gasteiger partial charge in [0.05, 0.1) is 24.4 Å². The van der Waals surface area contributed by atoms with Gasteiger partial charge in [0.25, 0.3) is 0 Å². The molecule has 118 valence electrons. The number of hydrogen-bond acceptors (Lipinski definition) is 4. The largest absolute Gasteiger partial charge is 0.504 e. The smallest absolute Gasteiger partial charge is 0.165 e. The summed E-state index contributed by atoms with van der Waals surface area (Å²) in [4.78, 5) is 0. The maximum Gasteiger partial charge on any atom is 0.165 e. The van der Waals surface area contributed by atoms with Crippen molar-refractivity contribution in [3.63, 3.8) is 0 Å². The number of aromatic hydroxyl groups is 1. The molecule has 1 heterocycles. The van der Waals surface area contributed by atoms with Crippen LogP contribution < -0.4 is 9.47 Å². The molecule has 0 spiro atoms. The fourth-order valence-electron chi connectivity index (χ4n) is 2.79. The van der Waals surface area contributed by atoms with Crippen molar-refractivity contribution in [1.29, 1.82) is 0 Å². The molecule has 1 N–H and O–H groups in total. The van der Waals surface area contributed by atoms with Gasteiger partial charge in [0.2, 0.25) is 0 Å². The van der Waals surface area contributed by atoms with E-state index < -0.39 is 0 Å². The van der Waals surface area contributed by atoms with E-state index in [0.29, 0.717) is 12.2 Å². The standard InChI is InChI=1S/C17H26O4/c1-9(2)19-14-8-15(20-10(3)4)17(18)13-7-11(5)21-12(6)16(13)14/h8-12,18H,7H2,1-6H3/t11-,12-/m0/s1. The quantitative estimate of drug-likeness (QED) is 0.912. The molecule has 0 radical (unpaired) electrons. The Morgan fingerprint density at radius 1 is 1.10 bits per heavy atom. The lowest BCUT2D eigenvalue weighted by Crippen LogP contribution is -2.24. The van der Waals surface area contributed by atoms with E-state index in [1.807, 2.05) is 41.5 Å². The summed E-state index contributed by atoms with van der Waals surface area (Å²) in [5, 5.41) is 10.5. The van der Waals surface area contributed by atoms with Gasteiger partial charge in [-0.1, -0.05) is 0 Å². The highest BCUT2D eigenvalue weighted by atomic mass is 16.5. The topological polar surface area (TPSA) is 47.9 Å². The minimum atomic E-state index is -0.100. The third-order valence-electron chi connectivity index (χ3n) is 3.43. The molecule has 0 bridgehead atoms. The van der Waals surface area contributed by atoms with Crippen molar-refractivity contribution >= 4 is 0 Å². The number of benzene rings is 1. The Labute approximate surface area is 127 Å². The molecule has 2 atom stereocenters. The Bertz CT molecular complexity index is 508. The summed E-state index contributed by atoms with van der Waals surface area (Å²) in [7, 11) is 0. The van der Waals surface area contributed by atoms with Crippen LogP contribution in [-0.4, -0.2) is 23.4 Å². The monoisotopic (exact) mass is 294 g/mol. The number of phenols is 1. The second-order valence-corrected chi connectivity index (χ2v) is 6.24. The molecular weight excluding hydrogens is 268 g/mol. The Morgan fingerprint density at radius 3 is 2.24 bits per heavy atom. The van der Waals surface area contributed by atoms with Crippen LogP contribution in [0, 0.1) is 0 Å². The molecule has 1 aromatic rings. The lowest BCUT2D eigenvalue weighted by atomic mass is 9.93. The number of hydrogen-bond donors (Lipinski definition) is 1. The Kier molecular flexibility index (Phi) is 4.67. The van der Waals surface area contributed by atoms with Gasteiger partial charge in [-0.05, 0) is 41.5 Å². The molecule has 4 heteroatoms. The molecule has 1 aliphatic heterocycles. The second kappa shape index (κ2) is 6.14. The zero-order valence-corrected chi connectivity index (χ0v) is 13.8. The molecule has 0 saturated carbocycles. The van der Waals surface area contributed by atoms with Crippen LogP contribution in [0.4, 0.5) is 0 Å². The molecular formula is C17H26O4. The van der Waals surface area contributed by atoms with Gasteiger partial charge in [-0.3, -0.25) is 0 Å². The molecule has 0 aliphatic carbocycles. The maximum absolute atomic E-state index is 10.5. The van der Waals surface area contributed by atoms with E-state index in [0.717, 1.165) is 16.9 Å². The van der Waals surface area contributed by atoms with Crippen molar-refractivity contribution < 1.29 is 19.3 Å². The molecule has 0 fully saturated rings. The Morgan fingerprint density at radius 2 is 1.67 bits per heavy atom. The molecule has 1 aromatic carbocycles. The van der Waals surface area contributed by atoms with Crippen molar-refractivity contribution in [3.8, 4) is 17.2 Å². The summed E-state index contributed by atoms with van der Waals surface area (Å²) in [6, 6.07) is 1.78. The van der Waals surface area contributed by atoms with E-state index in [1.165, 1.54) is 0 Å². The van der Waals surface area contributed by atoms with Crippen molar-refractivity contribution in [2.75, 3.05) is 0 Å². The molecule has 0 aromatic heterocycles. The fourth-order valence-corrected chi connectivity index (χ4v) is 2.79. The van der Waals surface area contributed by atoms with E-state index in [4.69, 9.17) is 14.2 Å². The lowest BCUT2D eigenvalue weighted by molar-refractivity contribution is -0.00767. The van der Waals surface area contributed by atoms with Crippen molar-refractivity contribution in [1.82, 2.24) is 0 Å². The third-order valence-corrected chi connectivity index (χ3v) is 3.43. The normalized spacial score (nSPS) is 21.5. The van der Waals surface area contributed by atoms with Crippen LogP contribution in [0.2, 0.25) is 0 Å². The summed E-state index contributed by atoms with van der Waals surface area (Å²) in [6.45, 7) is 11.9. The van der Waals surface area contributed by atoms with E-state index in [1.54, 1.807) is 6.07 Å². The summed E-state index contributed by atoms with van der Waals surface area (Å²) in [5.74, 6) is 1.45. The highest BCUT2D eigenvalue weighted by Gasteiger charge is 2.30. The van der Waals surface area contributed by atoms with Crippen LogP contribution in [0.1, 0.15) is 58.8 Å². The molecule has 2 rings (SSSR count). The van der Waals surface area contributed by atoms with E-state index in [9.17, 15) is 5.11 Å². The molecule has 0 unspecified atom stereocenters. The van der Waals surface area contributed by atoms with Gasteiger partial charge in [0.1, 0.15) is 5.75 Å². The SMILES string of the molecule is CC(C)Oc1cc(OC(C)C)c2c(c1O)C[C@H](C)O[C@H]2C. The molecule has 4 nitrogen and oxygen atoms in total. The summed E-state index contributed by atoms with van der Waals surface area (Å²) >= 11 is 0. The number of ether oxygens (including phenoxy) is 3. The first-order valence-corrected chi connectivity index (χ1v) is 7.67. The average Bonchev–Trinajstić information content (AvgIpc) is 2.32. The van der Waals surface area contributed by atoms with Gasteiger partial charge in [-0.15, -0.1) is 0 Å². The van der Waals surface area contributed by atoms with Gasteiger partial charge < -0.3 is 19.3 Å². The predicted molar refractivity (Wildman–Crippen MR) is 82.3 cm³/mol. The number of phenolic OH excluding ortho intramolecular Hbond substituents is 1. The van der Waals surface area contributed by atoms with Gasteiger partial charge in [0.15, 0.2) is 11.5 Å². The lowest BCUT2D eigenvalue weighted by Gasteiger charge is -2.32. The zero-order valence-electron chi connectivity index (χ0n) is 13.8. The minimum absolute atomic E-state index is 0.00413. The van der Waals surface area contributed by atoms with Crippen LogP contribution in [0.5, 0.6) is 17.2 Å². The third kappa shape index (κ3) is 3.43. The number of fused-ring (bicyclic) bond motifs is 1. The van der Waals surface area contributed by atoms with Crippen LogP contribution in [0.3, 0.4) is 0 Å². The first-order valence-electron chi connectivity index (χ1n) is 7.67. The van der Waals surface area contributed by atoms with Crippen molar-refractivity contribution in [2.24, 2.45) is 0 Å². The van der Waals surface area contributed by atoms with E-state index >= 15 is 0 Å². The summed E-state index contributed by atoms with van der Waals surface area (Å²) in [5.41, 5.74) is 1.82. The van der Waals surface area contributed by atoms with Crippen LogP contribution in [0.25, 0.3) is 0 Å². The van der Waals surface area contributed by atoms with Gasteiger partial charge in [0, 0.05) is 23.6 Å². The van der Waals surface area contributed by atoms with Crippen LogP contribution in [-0.2, 0) is 11.2 Å². The summed E-state index contributed by atoms with van der Waals surface area (Å²) in [6.07, 6.45) is 0.679. The Balaban J connectivity index is 2.55. The van der Waals surface area contributed by atoms with E-state index in [-0.39, 0.29) is 30.2 Å². The number of rotatable bonds is 4. The van der Waals surface area contributed by atoms with Crippen molar-refractivity contribution in [2.45, 2.75) is 72.4 Å². The predicted octanol–water partition coefficient (Wildman–Crippen LogP) is 3.99. The fraction of sp³-hybridized carbons (Fsp3) is 0.647. The second-order valence-electron chi connectivity index (χ2n) is 6.24. The highest BCUT2D eigenvalue weighted by molar-refractivity contribution is 5.58. The van der Waals surface area contributed by atoms with Crippen LogP contribution >= 0.6 is 0 Å².